The zero-order chi connectivity index (χ0) is 15.8. The van der Waals surface area contributed by atoms with Crippen LogP contribution in [0.3, 0.4) is 0 Å². The van der Waals surface area contributed by atoms with Crippen LogP contribution >= 0.6 is 0 Å². The summed E-state index contributed by atoms with van der Waals surface area (Å²) >= 11 is 0. The molecule has 0 aromatic carbocycles. The van der Waals surface area contributed by atoms with Crippen LogP contribution < -0.4 is 16.0 Å². The van der Waals surface area contributed by atoms with Gasteiger partial charge >= 0.3 is 12.0 Å². The summed E-state index contributed by atoms with van der Waals surface area (Å²) in [6, 6.07) is -0.441. The number of hydrogen-bond donors (Lipinski definition) is 4. The van der Waals surface area contributed by atoms with Crippen LogP contribution in [0.15, 0.2) is 0 Å². The maximum atomic E-state index is 11.6. The van der Waals surface area contributed by atoms with Gasteiger partial charge in [-0.05, 0) is 25.2 Å². The quantitative estimate of drug-likeness (QED) is 0.555. The molecule has 3 amide bonds. The summed E-state index contributed by atoms with van der Waals surface area (Å²) in [5.74, 6) is -0.857. The third kappa shape index (κ3) is 6.97. The number of urea groups is 1. The minimum atomic E-state index is -0.804. The van der Waals surface area contributed by atoms with E-state index in [1.807, 2.05) is 13.8 Å². The summed E-state index contributed by atoms with van der Waals surface area (Å²) in [5, 5.41) is 17.0. The van der Waals surface area contributed by atoms with Gasteiger partial charge in [-0.1, -0.05) is 13.8 Å². The van der Waals surface area contributed by atoms with Gasteiger partial charge in [0.25, 0.3) is 0 Å². The second kappa shape index (κ2) is 8.49. The summed E-state index contributed by atoms with van der Waals surface area (Å²) in [6.07, 6.45) is 1.98. The molecule has 2 atom stereocenters. The summed E-state index contributed by atoms with van der Waals surface area (Å²) in [7, 11) is 0. The van der Waals surface area contributed by atoms with Crippen LogP contribution in [0.5, 0.6) is 0 Å². The number of rotatable bonds is 7. The molecule has 0 spiro atoms. The number of nitrogens with one attached hydrogen (secondary N) is 3. The molecular formula is C14H25N3O4. The van der Waals surface area contributed by atoms with Crippen LogP contribution in [0.4, 0.5) is 4.79 Å². The van der Waals surface area contributed by atoms with Crippen molar-refractivity contribution in [3.05, 3.63) is 0 Å². The van der Waals surface area contributed by atoms with E-state index in [9.17, 15) is 14.4 Å². The van der Waals surface area contributed by atoms with Crippen LogP contribution in [-0.2, 0) is 9.59 Å². The van der Waals surface area contributed by atoms with Gasteiger partial charge in [0.15, 0.2) is 0 Å². The van der Waals surface area contributed by atoms with E-state index in [0.717, 1.165) is 0 Å². The second-order valence-electron chi connectivity index (χ2n) is 5.89. The molecule has 0 bridgehead atoms. The van der Waals surface area contributed by atoms with Gasteiger partial charge < -0.3 is 21.1 Å². The zero-order valence-electron chi connectivity index (χ0n) is 12.6. The van der Waals surface area contributed by atoms with Crippen molar-refractivity contribution >= 4 is 17.9 Å². The third-order valence-electron chi connectivity index (χ3n) is 3.46. The zero-order valence-corrected chi connectivity index (χ0v) is 12.6. The number of carbonyl (C=O) groups is 3. The minimum Gasteiger partial charge on any atom is -0.481 e. The van der Waals surface area contributed by atoms with Crippen molar-refractivity contribution in [2.24, 2.45) is 11.8 Å². The van der Waals surface area contributed by atoms with E-state index in [1.165, 1.54) is 0 Å². The van der Waals surface area contributed by atoms with Crippen LogP contribution in [0.25, 0.3) is 0 Å². The molecule has 1 aliphatic rings. The molecule has 7 heteroatoms. The predicted molar refractivity (Wildman–Crippen MR) is 77.8 cm³/mol. The van der Waals surface area contributed by atoms with E-state index in [4.69, 9.17) is 5.11 Å². The molecule has 0 saturated heterocycles. The fourth-order valence-electron chi connectivity index (χ4n) is 2.27. The lowest BCUT2D eigenvalue weighted by Gasteiger charge is -2.13. The average Bonchev–Trinajstić information content (AvgIpc) is 2.85. The van der Waals surface area contributed by atoms with Crippen LogP contribution in [0.2, 0.25) is 0 Å². The average molecular weight is 299 g/mol. The first-order valence-corrected chi connectivity index (χ1v) is 7.42. The molecule has 7 nitrogen and oxygen atoms in total. The SMILES string of the molecule is CC(C)CNC(=O)CCNC(=O)NC1CCC(C(=O)O)C1. The van der Waals surface area contributed by atoms with Gasteiger partial charge in [0.05, 0.1) is 5.92 Å². The molecular weight excluding hydrogens is 274 g/mol. The molecule has 120 valence electrons. The molecule has 0 aliphatic heterocycles. The number of carbonyl (C=O) groups excluding carboxylic acids is 2. The Labute approximate surface area is 124 Å². The highest BCUT2D eigenvalue weighted by molar-refractivity contribution is 5.78. The van der Waals surface area contributed by atoms with Crippen LogP contribution in [-0.4, -0.2) is 42.1 Å². The van der Waals surface area contributed by atoms with Gasteiger partial charge in [-0.15, -0.1) is 0 Å². The van der Waals surface area contributed by atoms with Crippen molar-refractivity contribution < 1.29 is 19.5 Å². The molecule has 1 aliphatic carbocycles. The summed E-state index contributed by atoms with van der Waals surface area (Å²) in [6.45, 7) is 4.92. The van der Waals surface area contributed by atoms with E-state index in [0.29, 0.717) is 31.7 Å². The van der Waals surface area contributed by atoms with Gasteiger partial charge in [0, 0.05) is 25.6 Å². The van der Waals surface area contributed by atoms with Crippen LogP contribution in [0.1, 0.15) is 39.5 Å². The molecule has 0 aromatic heterocycles. The highest BCUT2D eigenvalue weighted by atomic mass is 16.4. The molecule has 0 aromatic rings. The van der Waals surface area contributed by atoms with E-state index in [2.05, 4.69) is 16.0 Å². The largest absolute Gasteiger partial charge is 0.481 e. The van der Waals surface area contributed by atoms with E-state index < -0.39 is 5.97 Å². The smallest absolute Gasteiger partial charge is 0.315 e. The molecule has 1 rings (SSSR count). The van der Waals surface area contributed by atoms with Gasteiger partial charge in [-0.3, -0.25) is 9.59 Å². The highest BCUT2D eigenvalue weighted by Gasteiger charge is 2.30. The monoisotopic (exact) mass is 299 g/mol. The Kier molecular flexibility index (Phi) is 6.98. The molecule has 0 radical (unpaired) electrons. The van der Waals surface area contributed by atoms with Crippen molar-refractivity contribution in [2.45, 2.75) is 45.6 Å². The van der Waals surface area contributed by atoms with Crippen molar-refractivity contribution in [3.8, 4) is 0 Å². The van der Waals surface area contributed by atoms with Crippen molar-refractivity contribution in [1.29, 1.82) is 0 Å². The minimum absolute atomic E-state index is 0.0872. The van der Waals surface area contributed by atoms with Gasteiger partial charge in [-0.2, -0.15) is 0 Å². The van der Waals surface area contributed by atoms with E-state index in [-0.39, 0.29) is 36.9 Å². The number of hydrogen-bond acceptors (Lipinski definition) is 3. The summed E-state index contributed by atoms with van der Waals surface area (Å²) in [4.78, 5) is 33.9. The number of amides is 3. The topological polar surface area (TPSA) is 108 Å². The Bertz CT molecular complexity index is 384. The predicted octanol–water partition coefficient (Wildman–Crippen LogP) is 0.701. The number of carboxylic acids is 1. The Morgan fingerprint density at radius 1 is 1.19 bits per heavy atom. The van der Waals surface area contributed by atoms with Crippen molar-refractivity contribution in [3.63, 3.8) is 0 Å². The fraction of sp³-hybridized carbons (Fsp3) is 0.786. The lowest BCUT2D eigenvalue weighted by atomic mass is 10.1. The molecule has 2 unspecified atom stereocenters. The Hall–Kier alpha value is -1.79. The van der Waals surface area contributed by atoms with E-state index in [1.54, 1.807) is 0 Å². The standard InChI is InChI=1S/C14H25N3O4/c1-9(2)8-16-12(18)5-6-15-14(21)17-11-4-3-10(7-11)13(19)20/h9-11H,3-8H2,1-2H3,(H,16,18)(H,19,20)(H2,15,17,21). The molecule has 4 N–H and O–H groups in total. The Morgan fingerprint density at radius 3 is 2.48 bits per heavy atom. The second-order valence-corrected chi connectivity index (χ2v) is 5.89. The molecule has 0 heterocycles. The third-order valence-corrected chi connectivity index (χ3v) is 3.46. The maximum Gasteiger partial charge on any atom is 0.315 e. The molecule has 1 fully saturated rings. The van der Waals surface area contributed by atoms with Crippen molar-refractivity contribution in [1.82, 2.24) is 16.0 Å². The molecule has 1 saturated carbocycles. The molecule has 21 heavy (non-hydrogen) atoms. The van der Waals surface area contributed by atoms with E-state index >= 15 is 0 Å². The lowest BCUT2D eigenvalue weighted by Crippen LogP contribution is -2.42. The first kappa shape index (κ1) is 17.3. The van der Waals surface area contributed by atoms with Gasteiger partial charge in [-0.25, -0.2) is 4.79 Å². The maximum absolute atomic E-state index is 11.6. The number of carboxylic acid groups (broad SMARTS) is 1. The van der Waals surface area contributed by atoms with Gasteiger partial charge in [0.2, 0.25) is 5.91 Å². The summed E-state index contributed by atoms with van der Waals surface area (Å²) < 4.78 is 0. The lowest BCUT2D eigenvalue weighted by molar-refractivity contribution is -0.141. The first-order chi connectivity index (χ1) is 9.88. The normalized spacial score (nSPS) is 21.1. The number of aliphatic carboxylic acids is 1. The van der Waals surface area contributed by atoms with Crippen LogP contribution in [0, 0.1) is 11.8 Å². The van der Waals surface area contributed by atoms with Gasteiger partial charge in [0.1, 0.15) is 0 Å². The fourth-order valence-corrected chi connectivity index (χ4v) is 2.27. The Morgan fingerprint density at radius 2 is 1.90 bits per heavy atom. The van der Waals surface area contributed by atoms with Crippen molar-refractivity contribution in [2.75, 3.05) is 13.1 Å². The summed E-state index contributed by atoms with van der Waals surface area (Å²) in [5.41, 5.74) is 0. The highest BCUT2D eigenvalue weighted by Crippen LogP contribution is 2.25. The first-order valence-electron chi connectivity index (χ1n) is 7.42. The Balaban J connectivity index is 2.12.